The molecule has 4 N–H and O–H groups in total. The van der Waals surface area contributed by atoms with Gasteiger partial charge in [-0.15, -0.1) is 0 Å². The van der Waals surface area contributed by atoms with E-state index in [2.05, 4.69) is 10.2 Å². The number of nitrogens with two attached hydrogens (primary N) is 1. The van der Waals surface area contributed by atoms with Crippen LogP contribution in [-0.2, 0) is 25.6 Å². The van der Waals surface area contributed by atoms with Crippen molar-refractivity contribution in [2.75, 3.05) is 0 Å². The predicted molar refractivity (Wildman–Crippen MR) is 83.0 cm³/mol. The van der Waals surface area contributed by atoms with E-state index in [-0.39, 0.29) is 0 Å². The molecule has 1 amide bonds. The van der Waals surface area contributed by atoms with E-state index >= 15 is 0 Å². The first-order chi connectivity index (χ1) is 10.9. The number of hydrogen-bond donors (Lipinski definition) is 3. The molecule has 0 bridgehead atoms. The van der Waals surface area contributed by atoms with Crippen LogP contribution in [-0.4, -0.2) is 29.0 Å². The molecule has 0 aliphatic heterocycles. The van der Waals surface area contributed by atoms with Gasteiger partial charge in [0, 0.05) is 0 Å². The Morgan fingerprint density at radius 2 is 1.78 bits per heavy atom. The zero-order valence-electron chi connectivity index (χ0n) is 13.2. The van der Waals surface area contributed by atoms with E-state index in [1.807, 2.05) is 44.2 Å². The first kappa shape index (κ1) is 18.6. The average molecular weight is 322 g/mol. The molecule has 0 heterocycles. The van der Waals surface area contributed by atoms with Gasteiger partial charge in [-0.1, -0.05) is 44.2 Å². The van der Waals surface area contributed by atoms with Crippen LogP contribution in [0.15, 0.2) is 30.3 Å². The van der Waals surface area contributed by atoms with E-state index in [1.54, 1.807) is 0 Å². The Bertz CT molecular complexity index is 555. The third kappa shape index (κ3) is 4.53. The van der Waals surface area contributed by atoms with Gasteiger partial charge in [-0.2, -0.15) is 5.90 Å². The maximum atomic E-state index is 12.6. The number of carboxylic acid groups (broad SMARTS) is 1. The first-order valence-corrected chi connectivity index (χ1v) is 7.38. The molecule has 7 heteroatoms. The summed E-state index contributed by atoms with van der Waals surface area (Å²) in [6.07, 6.45) is 1.43. The smallest absolute Gasteiger partial charge is 0.358 e. The summed E-state index contributed by atoms with van der Waals surface area (Å²) in [5.41, 5.74) is 0.142. The van der Waals surface area contributed by atoms with Crippen LogP contribution < -0.4 is 11.2 Å². The van der Waals surface area contributed by atoms with Crippen molar-refractivity contribution in [1.82, 2.24) is 5.32 Å². The van der Waals surface area contributed by atoms with E-state index in [9.17, 15) is 14.4 Å². The summed E-state index contributed by atoms with van der Waals surface area (Å²) in [6.45, 7) is 3.70. The van der Waals surface area contributed by atoms with Gasteiger partial charge >= 0.3 is 11.9 Å². The van der Waals surface area contributed by atoms with Gasteiger partial charge in [0.15, 0.2) is 0 Å². The molecule has 23 heavy (non-hydrogen) atoms. The second kappa shape index (κ2) is 8.28. The largest absolute Gasteiger partial charge is 0.479 e. The number of aliphatic carboxylic acids is 1. The Morgan fingerprint density at radius 1 is 1.22 bits per heavy atom. The monoisotopic (exact) mass is 322 g/mol. The van der Waals surface area contributed by atoms with Crippen molar-refractivity contribution in [2.24, 2.45) is 11.3 Å². The standard InChI is InChI=1S/C16H22N2O5/c1-3-16(4-2,10-11-8-6-5-7-9-11)15(22)18-12(13(19)20)14(21)23-17/h5-9,12H,3-4,10,17H2,1-2H3,(H,18,22)(H,19,20). The van der Waals surface area contributed by atoms with Crippen LogP contribution in [0.2, 0.25) is 0 Å². The van der Waals surface area contributed by atoms with Gasteiger partial charge in [0.2, 0.25) is 11.9 Å². The van der Waals surface area contributed by atoms with Crippen LogP contribution in [0.1, 0.15) is 32.3 Å². The van der Waals surface area contributed by atoms with E-state index in [1.165, 1.54) is 0 Å². The minimum absolute atomic E-state index is 0.441. The number of hydrogen-bond acceptors (Lipinski definition) is 5. The zero-order valence-corrected chi connectivity index (χ0v) is 13.2. The summed E-state index contributed by atoms with van der Waals surface area (Å²) >= 11 is 0. The van der Waals surface area contributed by atoms with Gasteiger partial charge in [0.1, 0.15) is 0 Å². The summed E-state index contributed by atoms with van der Waals surface area (Å²) in [5, 5.41) is 11.3. The number of rotatable bonds is 8. The number of carbonyl (C=O) groups excluding carboxylic acids is 2. The number of carbonyl (C=O) groups is 3. The van der Waals surface area contributed by atoms with Crippen LogP contribution >= 0.6 is 0 Å². The van der Waals surface area contributed by atoms with Crippen molar-refractivity contribution >= 4 is 17.8 Å². The van der Waals surface area contributed by atoms with Crippen molar-refractivity contribution < 1.29 is 24.3 Å². The van der Waals surface area contributed by atoms with Crippen molar-refractivity contribution in [3.8, 4) is 0 Å². The van der Waals surface area contributed by atoms with Crippen molar-refractivity contribution in [1.29, 1.82) is 0 Å². The van der Waals surface area contributed by atoms with E-state index in [0.717, 1.165) is 5.56 Å². The van der Waals surface area contributed by atoms with Crippen molar-refractivity contribution in [3.05, 3.63) is 35.9 Å². The van der Waals surface area contributed by atoms with E-state index in [4.69, 9.17) is 11.0 Å². The highest BCUT2D eigenvalue weighted by atomic mass is 16.7. The minimum atomic E-state index is -1.82. The molecule has 0 fully saturated rings. The molecule has 1 rings (SSSR count). The highest BCUT2D eigenvalue weighted by Gasteiger charge is 2.39. The molecular weight excluding hydrogens is 300 g/mol. The maximum Gasteiger partial charge on any atom is 0.358 e. The third-order valence-electron chi connectivity index (χ3n) is 4.09. The van der Waals surface area contributed by atoms with Gasteiger partial charge in [-0.3, -0.25) is 4.79 Å². The summed E-state index contributed by atoms with van der Waals surface area (Å²) in [7, 11) is 0. The van der Waals surface area contributed by atoms with Crippen molar-refractivity contribution in [2.45, 2.75) is 39.2 Å². The second-order valence-corrected chi connectivity index (χ2v) is 5.33. The fourth-order valence-electron chi connectivity index (χ4n) is 2.46. The van der Waals surface area contributed by atoms with Crippen LogP contribution in [0.25, 0.3) is 0 Å². The third-order valence-corrected chi connectivity index (χ3v) is 4.09. The molecule has 0 aliphatic rings. The average Bonchev–Trinajstić information content (AvgIpc) is 2.57. The molecule has 0 aromatic heterocycles. The normalized spacial score (nSPS) is 12.3. The molecule has 1 unspecified atom stereocenters. The fraction of sp³-hybridized carbons (Fsp3) is 0.438. The Morgan fingerprint density at radius 3 is 2.22 bits per heavy atom. The van der Waals surface area contributed by atoms with Gasteiger partial charge in [-0.05, 0) is 24.8 Å². The van der Waals surface area contributed by atoms with Gasteiger partial charge in [0.05, 0.1) is 5.41 Å². The molecule has 7 nitrogen and oxygen atoms in total. The van der Waals surface area contributed by atoms with Gasteiger partial charge in [0.25, 0.3) is 0 Å². The van der Waals surface area contributed by atoms with Crippen LogP contribution in [0, 0.1) is 5.41 Å². The van der Waals surface area contributed by atoms with E-state index in [0.29, 0.717) is 19.3 Å². The summed E-state index contributed by atoms with van der Waals surface area (Å²) in [6, 6.07) is 7.60. The summed E-state index contributed by atoms with van der Waals surface area (Å²) < 4.78 is 0. The molecule has 126 valence electrons. The van der Waals surface area contributed by atoms with Gasteiger partial charge in [-0.25, -0.2) is 9.59 Å². The molecule has 1 aromatic rings. The summed E-state index contributed by atoms with van der Waals surface area (Å²) in [4.78, 5) is 39.1. The van der Waals surface area contributed by atoms with Gasteiger partial charge < -0.3 is 15.3 Å². The molecule has 0 saturated heterocycles. The second-order valence-electron chi connectivity index (χ2n) is 5.33. The number of nitrogens with one attached hydrogen (secondary N) is 1. The summed E-state index contributed by atoms with van der Waals surface area (Å²) in [5.74, 6) is 1.47. The molecule has 1 aromatic carbocycles. The highest BCUT2D eigenvalue weighted by molar-refractivity contribution is 6.02. The Hall–Kier alpha value is -2.41. The number of benzene rings is 1. The van der Waals surface area contributed by atoms with E-state index < -0.39 is 29.3 Å². The zero-order chi connectivity index (χ0) is 17.5. The lowest BCUT2D eigenvalue weighted by Crippen LogP contribution is -2.53. The Balaban J connectivity index is 3.01. The van der Waals surface area contributed by atoms with Crippen LogP contribution in [0.3, 0.4) is 0 Å². The molecular formula is C16H22N2O5. The topological polar surface area (TPSA) is 119 Å². The molecule has 0 aliphatic carbocycles. The quantitative estimate of drug-likeness (QED) is 0.486. The molecule has 0 saturated carbocycles. The Kier molecular flexibility index (Phi) is 6.71. The first-order valence-electron chi connectivity index (χ1n) is 7.38. The lowest BCUT2D eigenvalue weighted by molar-refractivity contribution is -0.158. The van der Waals surface area contributed by atoms with Crippen LogP contribution in [0.5, 0.6) is 0 Å². The lowest BCUT2D eigenvalue weighted by Gasteiger charge is -2.31. The molecule has 0 radical (unpaired) electrons. The Labute approximate surface area is 134 Å². The highest BCUT2D eigenvalue weighted by Crippen LogP contribution is 2.31. The lowest BCUT2D eigenvalue weighted by atomic mass is 9.76. The number of amides is 1. The van der Waals surface area contributed by atoms with Crippen molar-refractivity contribution in [3.63, 3.8) is 0 Å². The fourth-order valence-corrected chi connectivity index (χ4v) is 2.46. The molecule has 0 spiro atoms. The SMILES string of the molecule is CCC(CC)(Cc1ccccc1)C(=O)NC(C(=O)O)C(=O)ON. The number of carboxylic acids is 1. The van der Waals surface area contributed by atoms with Crippen LogP contribution in [0.4, 0.5) is 0 Å². The minimum Gasteiger partial charge on any atom is -0.479 e. The maximum absolute atomic E-state index is 12.6. The molecule has 1 atom stereocenters. The predicted octanol–water partition coefficient (Wildman–Crippen LogP) is 1.02.